The molecule has 0 bridgehead atoms. The third kappa shape index (κ3) is 2.29. The van der Waals surface area contributed by atoms with Crippen LogP contribution in [-0.2, 0) is 0 Å². The topological polar surface area (TPSA) is 12.0 Å². The molecule has 0 aromatic heterocycles. The maximum absolute atomic E-state index is 3.61. The molecule has 0 aliphatic heterocycles. The maximum atomic E-state index is 3.61. The number of benzene rings is 1. The smallest absolute Gasteiger partial charge is 0.0422 e. The molecule has 0 heterocycles. The van der Waals surface area contributed by atoms with E-state index in [1.54, 1.807) is 0 Å². The lowest BCUT2D eigenvalue weighted by Gasteiger charge is -2.35. The number of rotatable bonds is 2. The highest BCUT2D eigenvalue weighted by atomic mass is 14.9. The number of hydrogen-bond acceptors (Lipinski definition) is 1. The van der Waals surface area contributed by atoms with E-state index in [4.69, 9.17) is 0 Å². The van der Waals surface area contributed by atoms with E-state index >= 15 is 0 Å². The van der Waals surface area contributed by atoms with Gasteiger partial charge in [0.2, 0.25) is 0 Å². The predicted molar refractivity (Wildman–Crippen MR) is 88.8 cm³/mol. The Morgan fingerprint density at radius 2 is 1.90 bits per heavy atom. The van der Waals surface area contributed by atoms with E-state index < -0.39 is 0 Å². The van der Waals surface area contributed by atoms with Crippen LogP contribution >= 0.6 is 0 Å². The Kier molecular flexibility index (Phi) is 3.11. The Morgan fingerprint density at radius 1 is 1.00 bits per heavy atom. The van der Waals surface area contributed by atoms with Crippen LogP contribution < -0.4 is 5.32 Å². The second-order valence-corrected chi connectivity index (χ2v) is 5.86. The maximum Gasteiger partial charge on any atom is 0.0422 e. The molecule has 3 aliphatic rings. The van der Waals surface area contributed by atoms with Crippen molar-refractivity contribution in [2.45, 2.75) is 12.8 Å². The molecular weight excluding hydrogens is 254 g/mol. The standard InChI is InChI=1S/C20H19N/c1-2-9-16(10-3-1)21-20-14-15-8-4-5-11-17(15)18-12-6-7-13-19(18)20/h1-5,7-11,13-14,17-18,21H,6,12H2. The number of para-hydroxylation sites is 1. The van der Waals surface area contributed by atoms with Gasteiger partial charge in [-0.1, -0.05) is 54.7 Å². The van der Waals surface area contributed by atoms with Gasteiger partial charge in [0.05, 0.1) is 0 Å². The number of hydrogen-bond donors (Lipinski definition) is 1. The lowest BCUT2D eigenvalue weighted by molar-refractivity contribution is 0.467. The first-order chi connectivity index (χ1) is 10.4. The van der Waals surface area contributed by atoms with Crippen LogP contribution in [0.3, 0.4) is 0 Å². The number of fused-ring (bicyclic) bond motifs is 3. The highest BCUT2D eigenvalue weighted by molar-refractivity contribution is 5.58. The van der Waals surface area contributed by atoms with Gasteiger partial charge in [0.1, 0.15) is 0 Å². The van der Waals surface area contributed by atoms with E-state index in [0.717, 1.165) is 5.69 Å². The normalized spacial score (nSPS) is 26.2. The van der Waals surface area contributed by atoms with Crippen LogP contribution in [0.15, 0.2) is 89.7 Å². The third-order valence-corrected chi connectivity index (χ3v) is 4.55. The van der Waals surface area contributed by atoms with E-state index in [-0.39, 0.29) is 0 Å². The van der Waals surface area contributed by atoms with Crippen LogP contribution in [0, 0.1) is 11.8 Å². The number of allylic oxidation sites excluding steroid dienone is 9. The molecule has 4 rings (SSSR count). The van der Waals surface area contributed by atoms with Gasteiger partial charge in [-0.05, 0) is 48.1 Å². The van der Waals surface area contributed by atoms with Crippen molar-refractivity contribution in [1.29, 1.82) is 0 Å². The molecule has 21 heavy (non-hydrogen) atoms. The van der Waals surface area contributed by atoms with Gasteiger partial charge in [-0.3, -0.25) is 0 Å². The summed E-state index contributed by atoms with van der Waals surface area (Å²) in [5.74, 6) is 1.17. The van der Waals surface area contributed by atoms with Crippen LogP contribution in [0.1, 0.15) is 12.8 Å². The number of anilines is 1. The van der Waals surface area contributed by atoms with Crippen LogP contribution in [0.25, 0.3) is 0 Å². The van der Waals surface area contributed by atoms with Gasteiger partial charge >= 0.3 is 0 Å². The lowest BCUT2D eigenvalue weighted by atomic mass is 9.71. The molecule has 104 valence electrons. The first kappa shape index (κ1) is 12.5. The molecule has 0 radical (unpaired) electrons. The zero-order chi connectivity index (χ0) is 14.1. The van der Waals surface area contributed by atoms with Crippen molar-refractivity contribution in [2.24, 2.45) is 11.8 Å². The second kappa shape index (κ2) is 5.25. The minimum absolute atomic E-state index is 0.552. The molecule has 1 aromatic rings. The molecule has 2 atom stereocenters. The predicted octanol–water partition coefficient (Wildman–Crippen LogP) is 5.00. The van der Waals surface area contributed by atoms with Gasteiger partial charge in [-0.15, -0.1) is 0 Å². The van der Waals surface area contributed by atoms with E-state index in [0.29, 0.717) is 11.8 Å². The van der Waals surface area contributed by atoms with Crippen molar-refractivity contribution in [3.05, 3.63) is 89.7 Å². The van der Waals surface area contributed by atoms with Gasteiger partial charge in [-0.2, -0.15) is 0 Å². The molecule has 0 saturated heterocycles. The molecule has 0 saturated carbocycles. The molecule has 1 N–H and O–H groups in total. The molecule has 0 spiro atoms. The Labute approximate surface area is 126 Å². The fourth-order valence-corrected chi connectivity index (χ4v) is 3.55. The van der Waals surface area contributed by atoms with Crippen molar-refractivity contribution in [1.82, 2.24) is 0 Å². The summed E-state index contributed by atoms with van der Waals surface area (Å²) in [6, 6.07) is 10.4. The van der Waals surface area contributed by atoms with Gasteiger partial charge in [-0.25, -0.2) is 0 Å². The minimum Gasteiger partial charge on any atom is -0.355 e. The van der Waals surface area contributed by atoms with E-state index in [2.05, 4.69) is 78.2 Å². The summed E-state index contributed by atoms with van der Waals surface area (Å²) in [6.45, 7) is 0. The summed E-state index contributed by atoms with van der Waals surface area (Å²) in [7, 11) is 0. The van der Waals surface area contributed by atoms with Gasteiger partial charge < -0.3 is 5.32 Å². The Bertz CT molecular complexity index is 686. The lowest BCUT2D eigenvalue weighted by Crippen LogP contribution is -2.25. The Balaban J connectivity index is 1.76. The van der Waals surface area contributed by atoms with Crippen molar-refractivity contribution in [3.63, 3.8) is 0 Å². The summed E-state index contributed by atoms with van der Waals surface area (Å²) in [4.78, 5) is 0. The molecule has 0 fully saturated rings. The first-order valence-electron chi connectivity index (χ1n) is 7.71. The van der Waals surface area contributed by atoms with E-state index in [9.17, 15) is 0 Å². The summed E-state index contributed by atoms with van der Waals surface area (Å²) >= 11 is 0. The van der Waals surface area contributed by atoms with Crippen molar-refractivity contribution >= 4 is 5.69 Å². The summed E-state index contributed by atoms with van der Waals surface area (Å²) in [5, 5.41) is 3.61. The molecule has 2 unspecified atom stereocenters. The largest absolute Gasteiger partial charge is 0.355 e. The molecule has 1 nitrogen and oxygen atoms in total. The quantitative estimate of drug-likeness (QED) is 0.799. The molecule has 1 aromatic carbocycles. The average molecular weight is 273 g/mol. The summed E-state index contributed by atoms with van der Waals surface area (Å²) in [6.07, 6.45) is 18.3. The van der Waals surface area contributed by atoms with Gasteiger partial charge in [0.15, 0.2) is 0 Å². The van der Waals surface area contributed by atoms with Crippen LogP contribution in [0.5, 0.6) is 0 Å². The van der Waals surface area contributed by atoms with Crippen molar-refractivity contribution in [3.8, 4) is 0 Å². The molecule has 1 heteroatoms. The average Bonchev–Trinajstić information content (AvgIpc) is 2.56. The highest BCUT2D eigenvalue weighted by Crippen LogP contribution is 2.42. The highest BCUT2D eigenvalue weighted by Gasteiger charge is 2.31. The molecular formula is C20H19N. The minimum atomic E-state index is 0.552. The van der Waals surface area contributed by atoms with E-state index in [1.165, 1.54) is 29.7 Å². The van der Waals surface area contributed by atoms with E-state index in [1.807, 2.05) is 0 Å². The molecule has 0 amide bonds. The second-order valence-electron chi connectivity index (χ2n) is 5.86. The first-order valence-corrected chi connectivity index (χ1v) is 7.71. The van der Waals surface area contributed by atoms with Crippen molar-refractivity contribution < 1.29 is 0 Å². The zero-order valence-corrected chi connectivity index (χ0v) is 12.0. The molecule has 3 aliphatic carbocycles. The SMILES string of the molecule is C1=CC2=CC(Nc3ccccc3)=C3C=CCCC3C2C=C1. The van der Waals surface area contributed by atoms with Gasteiger partial charge in [0.25, 0.3) is 0 Å². The van der Waals surface area contributed by atoms with Crippen molar-refractivity contribution in [2.75, 3.05) is 5.32 Å². The monoisotopic (exact) mass is 273 g/mol. The Morgan fingerprint density at radius 3 is 2.81 bits per heavy atom. The number of nitrogens with one attached hydrogen (secondary N) is 1. The fourth-order valence-electron chi connectivity index (χ4n) is 3.55. The van der Waals surface area contributed by atoms with Crippen LogP contribution in [0.4, 0.5) is 5.69 Å². The fraction of sp³-hybridized carbons (Fsp3) is 0.200. The Hall–Kier alpha value is -2.28. The van der Waals surface area contributed by atoms with Crippen LogP contribution in [-0.4, -0.2) is 0 Å². The zero-order valence-electron chi connectivity index (χ0n) is 12.0. The van der Waals surface area contributed by atoms with Crippen LogP contribution in [0.2, 0.25) is 0 Å². The van der Waals surface area contributed by atoms with Gasteiger partial charge in [0, 0.05) is 17.3 Å². The summed E-state index contributed by atoms with van der Waals surface area (Å²) < 4.78 is 0. The third-order valence-electron chi connectivity index (χ3n) is 4.55. The summed E-state index contributed by atoms with van der Waals surface area (Å²) in [5.41, 5.74) is 5.30.